The van der Waals surface area contributed by atoms with Crippen LogP contribution in [0.3, 0.4) is 0 Å². The summed E-state index contributed by atoms with van der Waals surface area (Å²) in [7, 11) is 0. The summed E-state index contributed by atoms with van der Waals surface area (Å²) in [5, 5.41) is 3.10. The zero-order valence-corrected chi connectivity index (χ0v) is 20.6. The van der Waals surface area contributed by atoms with Gasteiger partial charge in [-0.3, -0.25) is 4.90 Å². The van der Waals surface area contributed by atoms with E-state index in [9.17, 15) is 4.79 Å². The summed E-state index contributed by atoms with van der Waals surface area (Å²) >= 11 is 0. The molecule has 1 aliphatic carbocycles. The summed E-state index contributed by atoms with van der Waals surface area (Å²) in [4.78, 5) is 22.1. The minimum atomic E-state index is -0.242. The topological polar surface area (TPSA) is 76.2 Å². The Balaban J connectivity index is 0.994. The molecule has 0 spiro atoms. The lowest BCUT2D eigenvalue weighted by Crippen LogP contribution is -2.47. The van der Waals surface area contributed by atoms with Crippen molar-refractivity contribution in [1.29, 1.82) is 0 Å². The molecule has 0 atom stereocenters. The summed E-state index contributed by atoms with van der Waals surface area (Å²) in [5.41, 5.74) is 2.33. The lowest BCUT2D eigenvalue weighted by molar-refractivity contribution is 0.000273. The number of piperazine rings is 1. The van der Waals surface area contributed by atoms with Crippen molar-refractivity contribution in [2.45, 2.75) is 70.4 Å². The Kier molecular flexibility index (Phi) is 7.74. The summed E-state index contributed by atoms with van der Waals surface area (Å²) in [6.45, 7) is 9.66. The van der Waals surface area contributed by atoms with Gasteiger partial charge in [-0.25, -0.2) is 9.78 Å². The van der Waals surface area contributed by atoms with Gasteiger partial charge in [0, 0.05) is 68.8 Å². The van der Waals surface area contributed by atoms with Crippen LogP contribution in [0.15, 0.2) is 6.07 Å². The second-order valence-electron chi connectivity index (χ2n) is 10.4. The Morgan fingerprint density at radius 2 is 1.85 bits per heavy atom. The molecule has 0 aromatic carbocycles. The van der Waals surface area contributed by atoms with Crippen LogP contribution in [0.5, 0.6) is 5.75 Å². The van der Waals surface area contributed by atoms with E-state index in [1.165, 1.54) is 31.4 Å². The average molecular weight is 473 g/mol. The molecule has 3 fully saturated rings. The molecule has 0 unspecified atom stereocenters. The van der Waals surface area contributed by atoms with Gasteiger partial charge in [-0.05, 0) is 51.5 Å². The van der Waals surface area contributed by atoms with E-state index in [0.717, 1.165) is 88.1 Å². The lowest BCUT2D eigenvalue weighted by atomic mass is 9.84. The number of alkyl carbamates (subject to hydrolysis) is 1. The first-order valence-corrected chi connectivity index (χ1v) is 13.3. The van der Waals surface area contributed by atoms with E-state index < -0.39 is 0 Å². The third-order valence-electron chi connectivity index (χ3n) is 7.94. The lowest BCUT2D eigenvalue weighted by Gasteiger charge is -2.37. The first kappa shape index (κ1) is 23.7. The number of amides is 1. The molecule has 3 aliphatic heterocycles. The maximum Gasteiger partial charge on any atom is 0.407 e. The Morgan fingerprint density at radius 1 is 1.09 bits per heavy atom. The molecule has 1 aromatic rings. The van der Waals surface area contributed by atoms with Crippen LogP contribution in [0.4, 0.5) is 10.6 Å². The van der Waals surface area contributed by atoms with Crippen molar-refractivity contribution in [3.05, 3.63) is 17.3 Å². The van der Waals surface area contributed by atoms with E-state index in [1.807, 2.05) is 0 Å². The van der Waals surface area contributed by atoms with Crippen molar-refractivity contribution >= 4 is 11.9 Å². The molecular weight excluding hydrogens is 432 g/mol. The molecule has 1 saturated carbocycles. The molecule has 4 heterocycles. The first-order valence-electron chi connectivity index (χ1n) is 13.3. The van der Waals surface area contributed by atoms with Crippen LogP contribution in [-0.4, -0.2) is 80.7 Å². The first-order chi connectivity index (χ1) is 16.6. The van der Waals surface area contributed by atoms with Gasteiger partial charge in [0.05, 0.1) is 19.8 Å². The Bertz CT molecular complexity index is 828. The monoisotopic (exact) mass is 472 g/mol. The number of nitrogens with one attached hydrogen (secondary N) is 1. The summed E-state index contributed by atoms with van der Waals surface area (Å²) < 4.78 is 16.7. The molecule has 0 bridgehead atoms. The van der Waals surface area contributed by atoms with Crippen LogP contribution < -0.4 is 15.0 Å². The molecule has 188 valence electrons. The molecule has 5 rings (SSSR count). The number of pyridine rings is 1. The summed E-state index contributed by atoms with van der Waals surface area (Å²) in [6.07, 6.45) is 8.15. The zero-order chi connectivity index (χ0) is 23.3. The normalized spacial score (nSPS) is 26.1. The van der Waals surface area contributed by atoms with Gasteiger partial charge in [0.25, 0.3) is 0 Å². The Hall–Kier alpha value is -2.06. The number of nitrogens with zero attached hydrogens (tertiary/aromatic N) is 3. The largest absolute Gasteiger partial charge is 0.493 e. The highest BCUT2D eigenvalue weighted by Gasteiger charge is 2.27. The predicted molar refractivity (Wildman–Crippen MR) is 131 cm³/mol. The van der Waals surface area contributed by atoms with Crippen LogP contribution in [-0.2, 0) is 15.9 Å². The molecule has 34 heavy (non-hydrogen) atoms. The summed E-state index contributed by atoms with van der Waals surface area (Å²) in [6, 6.07) is 2.33. The molecule has 1 aromatic heterocycles. The molecule has 1 amide bonds. The van der Waals surface area contributed by atoms with Crippen molar-refractivity contribution in [1.82, 2.24) is 15.2 Å². The number of ether oxygens (including phenoxy) is 3. The molecule has 8 nitrogen and oxygen atoms in total. The summed E-state index contributed by atoms with van der Waals surface area (Å²) in [5.74, 6) is 2.95. The minimum absolute atomic E-state index is 0.0153. The van der Waals surface area contributed by atoms with Gasteiger partial charge in [0.1, 0.15) is 17.7 Å². The second kappa shape index (κ2) is 11.1. The number of carbonyl (C=O) groups excluding carboxylic acids is 1. The highest BCUT2D eigenvalue weighted by Crippen LogP contribution is 2.34. The zero-order valence-electron chi connectivity index (χ0n) is 20.6. The van der Waals surface area contributed by atoms with Gasteiger partial charge < -0.3 is 24.4 Å². The van der Waals surface area contributed by atoms with Gasteiger partial charge in [-0.15, -0.1) is 0 Å². The van der Waals surface area contributed by atoms with E-state index in [0.29, 0.717) is 13.2 Å². The fourth-order valence-corrected chi connectivity index (χ4v) is 5.83. The smallest absolute Gasteiger partial charge is 0.407 e. The highest BCUT2D eigenvalue weighted by molar-refractivity contribution is 5.67. The number of hydrogen-bond acceptors (Lipinski definition) is 7. The highest BCUT2D eigenvalue weighted by atomic mass is 16.6. The van der Waals surface area contributed by atoms with Gasteiger partial charge in [0.2, 0.25) is 0 Å². The Morgan fingerprint density at radius 3 is 2.62 bits per heavy atom. The van der Waals surface area contributed by atoms with Gasteiger partial charge in [-0.2, -0.15) is 0 Å². The number of carbonyl (C=O) groups is 1. The number of anilines is 1. The van der Waals surface area contributed by atoms with Crippen LogP contribution in [0, 0.1) is 12.8 Å². The van der Waals surface area contributed by atoms with Crippen LogP contribution in [0.25, 0.3) is 0 Å². The van der Waals surface area contributed by atoms with Crippen LogP contribution in [0.1, 0.15) is 56.2 Å². The Labute approximate surface area is 203 Å². The maximum atomic E-state index is 12.2. The number of fused-ring (bicyclic) bond motifs is 1. The molecule has 4 aliphatic rings. The van der Waals surface area contributed by atoms with E-state index >= 15 is 0 Å². The van der Waals surface area contributed by atoms with Crippen molar-refractivity contribution in [3.8, 4) is 5.75 Å². The molecular formula is C26H40N4O4. The number of aryl methyl sites for hydroxylation is 1. The number of hydrogen-bond donors (Lipinski definition) is 1. The van der Waals surface area contributed by atoms with E-state index in [1.54, 1.807) is 0 Å². The molecule has 0 radical (unpaired) electrons. The number of rotatable bonds is 6. The quantitative estimate of drug-likeness (QED) is 0.681. The van der Waals surface area contributed by atoms with E-state index in [-0.39, 0.29) is 18.2 Å². The molecule has 8 heteroatoms. The maximum absolute atomic E-state index is 12.2. The van der Waals surface area contributed by atoms with Crippen molar-refractivity contribution in [2.75, 3.05) is 57.4 Å². The van der Waals surface area contributed by atoms with E-state index in [4.69, 9.17) is 19.2 Å². The van der Waals surface area contributed by atoms with E-state index in [2.05, 4.69) is 28.1 Å². The predicted octanol–water partition coefficient (Wildman–Crippen LogP) is 3.30. The number of aromatic nitrogens is 1. The fourth-order valence-electron chi connectivity index (χ4n) is 5.83. The third-order valence-corrected chi connectivity index (χ3v) is 7.94. The third kappa shape index (κ3) is 5.95. The molecule has 2 saturated heterocycles. The second-order valence-corrected chi connectivity index (χ2v) is 10.4. The standard InChI is InChI=1S/C26H40N4O4/c1-19-18-24-23(9-17-33-24)25(27-19)30-13-11-29(12-14-30)10-6-20-2-4-21(5-3-20)28-26(31)34-22-7-15-32-16-8-22/h18,20-22H,2-17H2,1H3,(H,28,31). The van der Waals surface area contributed by atoms with Gasteiger partial charge in [0.15, 0.2) is 0 Å². The van der Waals surface area contributed by atoms with Crippen molar-refractivity contribution < 1.29 is 19.0 Å². The minimum Gasteiger partial charge on any atom is -0.493 e. The van der Waals surface area contributed by atoms with Crippen molar-refractivity contribution in [2.24, 2.45) is 5.92 Å². The van der Waals surface area contributed by atoms with Crippen LogP contribution >= 0.6 is 0 Å². The molecule has 1 N–H and O–H groups in total. The van der Waals surface area contributed by atoms with Crippen LogP contribution in [0.2, 0.25) is 0 Å². The van der Waals surface area contributed by atoms with Gasteiger partial charge >= 0.3 is 6.09 Å². The SMILES string of the molecule is Cc1cc2c(c(N3CCN(CCC4CCC(NC(=O)OC5CCOCC5)CC4)CC3)n1)CCO2. The average Bonchev–Trinajstić information content (AvgIpc) is 3.32. The van der Waals surface area contributed by atoms with Gasteiger partial charge in [-0.1, -0.05) is 0 Å². The fraction of sp³-hybridized carbons (Fsp3) is 0.769. The van der Waals surface area contributed by atoms with Crippen molar-refractivity contribution in [3.63, 3.8) is 0 Å².